The van der Waals surface area contributed by atoms with Crippen molar-refractivity contribution in [1.29, 1.82) is 0 Å². The fraction of sp³-hybridized carbons (Fsp3) is 0.235. The molecule has 4 aromatic heterocycles. The quantitative estimate of drug-likeness (QED) is 0.469. The van der Waals surface area contributed by atoms with Crippen LogP contribution in [0.1, 0.15) is 24.6 Å². The Morgan fingerprint density at radius 3 is 2.88 bits per heavy atom. The SMILES string of the molecule is O=c1n(Cc2nc3ccccn3c2I)c2cnccc2n1C1CC1. The minimum absolute atomic E-state index is 0.0355. The van der Waals surface area contributed by atoms with Crippen LogP contribution in [0.4, 0.5) is 0 Å². The second-order valence-electron chi connectivity index (χ2n) is 6.11. The van der Waals surface area contributed by atoms with Gasteiger partial charge >= 0.3 is 5.69 Å². The summed E-state index contributed by atoms with van der Waals surface area (Å²) in [4.78, 5) is 21.9. The van der Waals surface area contributed by atoms with Gasteiger partial charge in [0.05, 0.1) is 29.5 Å². The van der Waals surface area contributed by atoms with Crippen LogP contribution < -0.4 is 5.69 Å². The molecular formula is C17H14IN5O. The van der Waals surface area contributed by atoms with Gasteiger partial charge in [-0.3, -0.25) is 18.5 Å². The van der Waals surface area contributed by atoms with Crippen molar-refractivity contribution in [2.45, 2.75) is 25.4 Å². The first-order valence-corrected chi connectivity index (χ1v) is 8.98. The Labute approximate surface area is 150 Å². The van der Waals surface area contributed by atoms with E-state index in [2.05, 4.69) is 27.6 Å². The minimum atomic E-state index is 0.0355. The molecule has 0 amide bonds. The Morgan fingerprint density at radius 2 is 2.08 bits per heavy atom. The summed E-state index contributed by atoms with van der Waals surface area (Å²) in [6, 6.07) is 8.19. The molecule has 120 valence electrons. The average Bonchev–Trinajstić information content (AvgIpc) is 3.33. The van der Waals surface area contributed by atoms with E-state index < -0.39 is 0 Å². The van der Waals surface area contributed by atoms with E-state index in [1.165, 1.54) is 0 Å². The van der Waals surface area contributed by atoms with Crippen molar-refractivity contribution in [2.75, 3.05) is 0 Å². The number of fused-ring (bicyclic) bond motifs is 2. The zero-order valence-corrected chi connectivity index (χ0v) is 14.9. The molecule has 4 aromatic rings. The number of halogens is 1. The zero-order chi connectivity index (χ0) is 16.3. The largest absolute Gasteiger partial charge is 0.329 e. The molecule has 0 spiro atoms. The highest BCUT2D eigenvalue weighted by atomic mass is 127. The van der Waals surface area contributed by atoms with Gasteiger partial charge < -0.3 is 0 Å². The normalized spacial score (nSPS) is 14.7. The van der Waals surface area contributed by atoms with E-state index in [1.54, 1.807) is 17.0 Å². The third-order valence-corrected chi connectivity index (χ3v) is 5.66. The van der Waals surface area contributed by atoms with Crippen molar-refractivity contribution < 1.29 is 0 Å². The maximum Gasteiger partial charge on any atom is 0.329 e. The van der Waals surface area contributed by atoms with Crippen molar-refractivity contribution in [1.82, 2.24) is 23.5 Å². The summed E-state index contributed by atoms with van der Waals surface area (Å²) >= 11 is 2.29. The Morgan fingerprint density at radius 1 is 1.21 bits per heavy atom. The van der Waals surface area contributed by atoms with Gasteiger partial charge in [0.15, 0.2) is 0 Å². The van der Waals surface area contributed by atoms with Gasteiger partial charge in [0.25, 0.3) is 0 Å². The van der Waals surface area contributed by atoms with Gasteiger partial charge in [0.2, 0.25) is 0 Å². The first-order chi connectivity index (χ1) is 11.7. The highest BCUT2D eigenvalue weighted by molar-refractivity contribution is 14.1. The molecule has 0 aromatic carbocycles. The molecule has 0 saturated heterocycles. The summed E-state index contributed by atoms with van der Waals surface area (Å²) < 4.78 is 6.79. The molecule has 0 aliphatic heterocycles. The van der Waals surface area contributed by atoms with E-state index >= 15 is 0 Å². The second kappa shape index (κ2) is 5.17. The number of pyridine rings is 2. The van der Waals surface area contributed by atoms with Crippen molar-refractivity contribution in [3.8, 4) is 0 Å². The zero-order valence-electron chi connectivity index (χ0n) is 12.8. The summed E-state index contributed by atoms with van der Waals surface area (Å²) in [5.74, 6) is 0. The van der Waals surface area contributed by atoms with Crippen LogP contribution in [0, 0.1) is 3.70 Å². The Bertz CT molecular complexity index is 1140. The summed E-state index contributed by atoms with van der Waals surface area (Å²) in [6.07, 6.45) is 7.67. The van der Waals surface area contributed by atoms with Gasteiger partial charge in [-0.25, -0.2) is 9.78 Å². The van der Waals surface area contributed by atoms with Gasteiger partial charge in [0, 0.05) is 18.4 Å². The number of aromatic nitrogens is 5. The monoisotopic (exact) mass is 431 g/mol. The van der Waals surface area contributed by atoms with E-state index in [0.29, 0.717) is 12.6 Å². The smallest absolute Gasteiger partial charge is 0.295 e. The first kappa shape index (κ1) is 14.2. The molecule has 0 N–H and O–H groups in total. The van der Waals surface area contributed by atoms with Gasteiger partial charge in [-0.2, -0.15) is 0 Å². The number of nitrogens with zero attached hydrogens (tertiary/aromatic N) is 5. The van der Waals surface area contributed by atoms with Crippen LogP contribution >= 0.6 is 22.6 Å². The Balaban J connectivity index is 1.70. The summed E-state index contributed by atoms with van der Waals surface area (Å²) in [5.41, 5.74) is 3.68. The van der Waals surface area contributed by atoms with Gasteiger partial charge in [-0.15, -0.1) is 0 Å². The number of rotatable bonds is 3. The lowest BCUT2D eigenvalue weighted by atomic mass is 10.4. The lowest BCUT2D eigenvalue weighted by Gasteiger charge is -2.01. The van der Waals surface area contributed by atoms with Gasteiger partial charge in [-0.1, -0.05) is 6.07 Å². The molecule has 24 heavy (non-hydrogen) atoms. The molecule has 6 nitrogen and oxygen atoms in total. The molecule has 4 heterocycles. The highest BCUT2D eigenvalue weighted by Gasteiger charge is 2.29. The number of hydrogen-bond acceptors (Lipinski definition) is 3. The molecule has 1 aliphatic rings. The summed E-state index contributed by atoms with van der Waals surface area (Å²) in [6.45, 7) is 0.459. The second-order valence-corrected chi connectivity index (χ2v) is 7.13. The Kier molecular flexibility index (Phi) is 3.06. The third-order valence-electron chi connectivity index (χ3n) is 4.52. The van der Waals surface area contributed by atoms with Crippen LogP contribution in [-0.2, 0) is 6.54 Å². The summed E-state index contributed by atoms with van der Waals surface area (Å²) in [7, 11) is 0. The van der Waals surface area contributed by atoms with Gasteiger partial charge in [-0.05, 0) is 53.6 Å². The average molecular weight is 431 g/mol. The molecule has 7 heteroatoms. The van der Waals surface area contributed by atoms with Crippen LogP contribution in [0.5, 0.6) is 0 Å². The van der Waals surface area contributed by atoms with Gasteiger partial charge in [0.1, 0.15) is 9.35 Å². The van der Waals surface area contributed by atoms with E-state index in [1.807, 2.05) is 39.4 Å². The topological polar surface area (TPSA) is 57.1 Å². The molecule has 1 aliphatic carbocycles. The van der Waals surface area contributed by atoms with Crippen LogP contribution in [0.2, 0.25) is 0 Å². The molecule has 5 rings (SSSR count). The first-order valence-electron chi connectivity index (χ1n) is 7.90. The third kappa shape index (κ3) is 2.03. The fourth-order valence-electron chi connectivity index (χ4n) is 3.23. The van der Waals surface area contributed by atoms with Crippen LogP contribution in [0.3, 0.4) is 0 Å². The van der Waals surface area contributed by atoms with E-state index in [9.17, 15) is 4.79 Å². The number of imidazole rings is 2. The molecular weight excluding hydrogens is 417 g/mol. The van der Waals surface area contributed by atoms with Crippen molar-refractivity contribution >= 4 is 39.3 Å². The highest BCUT2D eigenvalue weighted by Crippen LogP contribution is 2.36. The minimum Gasteiger partial charge on any atom is -0.295 e. The standard InChI is InChI=1S/C17H14IN5O/c18-16-12(20-15-3-1-2-8-21(15)16)10-22-14-9-19-7-6-13(14)23(17(22)24)11-4-5-11/h1-3,6-9,11H,4-5,10H2. The van der Waals surface area contributed by atoms with Crippen molar-refractivity contribution in [2.24, 2.45) is 0 Å². The summed E-state index contributed by atoms with van der Waals surface area (Å²) in [5, 5.41) is 0. The van der Waals surface area contributed by atoms with Crippen molar-refractivity contribution in [3.63, 3.8) is 0 Å². The molecule has 0 radical (unpaired) electrons. The van der Waals surface area contributed by atoms with E-state index in [-0.39, 0.29) is 5.69 Å². The predicted octanol–water partition coefficient (Wildman–Crippen LogP) is 2.83. The fourth-order valence-corrected chi connectivity index (χ4v) is 3.93. The molecule has 0 atom stereocenters. The van der Waals surface area contributed by atoms with E-state index in [0.717, 1.165) is 38.9 Å². The van der Waals surface area contributed by atoms with Crippen LogP contribution in [-0.4, -0.2) is 23.5 Å². The Hall–Kier alpha value is -2.16. The molecule has 1 fully saturated rings. The predicted molar refractivity (Wildman–Crippen MR) is 99.3 cm³/mol. The lowest BCUT2D eigenvalue weighted by Crippen LogP contribution is -2.24. The van der Waals surface area contributed by atoms with Crippen molar-refractivity contribution in [3.05, 3.63) is 62.7 Å². The maximum atomic E-state index is 13.0. The molecule has 0 unspecified atom stereocenters. The van der Waals surface area contributed by atoms with Crippen LogP contribution in [0.25, 0.3) is 16.7 Å². The maximum absolute atomic E-state index is 13.0. The number of hydrogen-bond donors (Lipinski definition) is 0. The lowest BCUT2D eigenvalue weighted by molar-refractivity contribution is 0.666. The van der Waals surface area contributed by atoms with Crippen LogP contribution in [0.15, 0.2) is 47.7 Å². The molecule has 0 bridgehead atoms. The van der Waals surface area contributed by atoms with E-state index in [4.69, 9.17) is 4.98 Å². The molecule has 1 saturated carbocycles.